The lowest BCUT2D eigenvalue weighted by molar-refractivity contribution is 0.0827. The molecule has 124 valence electrons. The summed E-state index contributed by atoms with van der Waals surface area (Å²) in [6.07, 6.45) is 1.74. The molecule has 7 nitrogen and oxygen atoms in total. The summed E-state index contributed by atoms with van der Waals surface area (Å²) in [6.45, 7) is 2.03. The summed E-state index contributed by atoms with van der Waals surface area (Å²) in [5.74, 6) is 0.0697. The molecule has 2 aromatic rings. The number of anilines is 1. The Morgan fingerprint density at radius 1 is 1.26 bits per heavy atom. The van der Waals surface area contributed by atoms with Crippen molar-refractivity contribution in [1.29, 1.82) is 0 Å². The van der Waals surface area contributed by atoms with Gasteiger partial charge in [0, 0.05) is 31.4 Å². The second kappa shape index (κ2) is 6.82. The number of carbonyl (C=O) groups is 1. The van der Waals surface area contributed by atoms with Gasteiger partial charge >= 0.3 is 0 Å². The number of hydrogen-bond donors (Lipinski definition) is 2. The zero-order valence-corrected chi connectivity index (χ0v) is 14.1. The van der Waals surface area contributed by atoms with Crippen LogP contribution in [0.15, 0.2) is 35.2 Å². The molecule has 0 aliphatic rings. The highest BCUT2D eigenvalue weighted by Crippen LogP contribution is 2.16. The maximum absolute atomic E-state index is 12.3. The van der Waals surface area contributed by atoms with Crippen molar-refractivity contribution in [2.75, 3.05) is 18.8 Å². The third-order valence-electron chi connectivity index (χ3n) is 3.21. The highest BCUT2D eigenvalue weighted by Gasteiger charge is 2.17. The largest absolute Gasteiger partial charge is 0.345 e. The lowest BCUT2D eigenvalue weighted by Gasteiger charge is -2.10. The molecular weight excluding hydrogens is 316 g/mol. The molecule has 0 atom stereocenters. The van der Waals surface area contributed by atoms with Gasteiger partial charge < -0.3 is 4.90 Å². The summed E-state index contributed by atoms with van der Waals surface area (Å²) in [7, 11) is -0.457. The monoisotopic (exact) mass is 336 g/mol. The SMILES string of the molecule is CCCc1cc(NS(=O)(=O)c2ccc(C(=O)N(C)C)cc2)n[nH]1. The van der Waals surface area contributed by atoms with Gasteiger partial charge in [0.25, 0.3) is 15.9 Å². The zero-order chi connectivity index (χ0) is 17.0. The molecule has 2 rings (SSSR count). The molecule has 8 heteroatoms. The van der Waals surface area contributed by atoms with E-state index < -0.39 is 10.0 Å². The van der Waals surface area contributed by atoms with Gasteiger partial charge in [-0.05, 0) is 30.7 Å². The minimum absolute atomic E-state index is 0.0767. The summed E-state index contributed by atoms with van der Waals surface area (Å²) in [5.41, 5.74) is 1.30. The molecule has 2 N–H and O–H groups in total. The van der Waals surface area contributed by atoms with E-state index in [1.54, 1.807) is 20.2 Å². The first-order chi connectivity index (χ1) is 10.8. The number of aryl methyl sites for hydroxylation is 1. The first-order valence-electron chi connectivity index (χ1n) is 7.22. The van der Waals surface area contributed by atoms with Gasteiger partial charge in [-0.3, -0.25) is 14.6 Å². The fourth-order valence-corrected chi connectivity index (χ4v) is 3.03. The van der Waals surface area contributed by atoms with Crippen LogP contribution >= 0.6 is 0 Å². The van der Waals surface area contributed by atoms with Crippen molar-refractivity contribution in [3.05, 3.63) is 41.6 Å². The molecule has 1 aromatic heterocycles. The summed E-state index contributed by atoms with van der Waals surface area (Å²) in [4.78, 5) is 13.3. The number of amides is 1. The highest BCUT2D eigenvalue weighted by molar-refractivity contribution is 7.92. The summed E-state index contributed by atoms with van der Waals surface area (Å²) >= 11 is 0. The van der Waals surface area contributed by atoms with Crippen molar-refractivity contribution in [3.63, 3.8) is 0 Å². The van der Waals surface area contributed by atoms with E-state index in [0.717, 1.165) is 18.5 Å². The lowest BCUT2D eigenvalue weighted by Crippen LogP contribution is -2.21. The third-order valence-corrected chi connectivity index (χ3v) is 4.58. The Morgan fingerprint density at radius 3 is 2.48 bits per heavy atom. The number of nitrogens with one attached hydrogen (secondary N) is 2. The number of carbonyl (C=O) groups excluding carboxylic acids is 1. The summed E-state index contributed by atoms with van der Waals surface area (Å²) in [5, 5.41) is 6.73. The van der Waals surface area contributed by atoms with E-state index in [0.29, 0.717) is 5.56 Å². The normalized spacial score (nSPS) is 11.3. The van der Waals surface area contributed by atoms with Crippen molar-refractivity contribution < 1.29 is 13.2 Å². The minimum Gasteiger partial charge on any atom is -0.345 e. The van der Waals surface area contributed by atoms with E-state index in [2.05, 4.69) is 14.9 Å². The highest BCUT2D eigenvalue weighted by atomic mass is 32.2. The Bertz CT molecular complexity index is 779. The number of nitrogens with zero attached hydrogens (tertiary/aromatic N) is 2. The average Bonchev–Trinajstić information content (AvgIpc) is 2.93. The van der Waals surface area contributed by atoms with Gasteiger partial charge in [-0.2, -0.15) is 5.10 Å². The molecule has 0 fully saturated rings. The van der Waals surface area contributed by atoms with Gasteiger partial charge in [0.15, 0.2) is 5.82 Å². The van der Waals surface area contributed by atoms with Crippen molar-refractivity contribution >= 4 is 21.7 Å². The van der Waals surface area contributed by atoms with Crippen molar-refractivity contribution in [3.8, 4) is 0 Å². The number of sulfonamides is 1. The smallest absolute Gasteiger partial charge is 0.263 e. The van der Waals surface area contributed by atoms with Crippen LogP contribution in [0.25, 0.3) is 0 Å². The number of rotatable bonds is 6. The van der Waals surface area contributed by atoms with Gasteiger partial charge in [0.2, 0.25) is 0 Å². The van der Waals surface area contributed by atoms with Crippen LogP contribution in [0.4, 0.5) is 5.82 Å². The number of aromatic amines is 1. The van der Waals surface area contributed by atoms with Crippen LogP contribution in [0.1, 0.15) is 29.4 Å². The topological polar surface area (TPSA) is 95.2 Å². The first kappa shape index (κ1) is 17.0. The van der Waals surface area contributed by atoms with Crippen LogP contribution in [0.3, 0.4) is 0 Å². The van der Waals surface area contributed by atoms with Crippen molar-refractivity contribution in [2.24, 2.45) is 0 Å². The van der Waals surface area contributed by atoms with Crippen molar-refractivity contribution in [1.82, 2.24) is 15.1 Å². The van der Waals surface area contributed by atoms with Crippen LogP contribution in [0, 0.1) is 0 Å². The van der Waals surface area contributed by atoms with E-state index in [-0.39, 0.29) is 16.6 Å². The lowest BCUT2D eigenvalue weighted by atomic mass is 10.2. The number of H-pyrrole nitrogens is 1. The zero-order valence-electron chi connectivity index (χ0n) is 13.3. The summed E-state index contributed by atoms with van der Waals surface area (Å²) < 4.78 is 27.1. The second-order valence-corrected chi connectivity index (χ2v) is 7.04. The molecule has 0 aliphatic heterocycles. The Balaban J connectivity index is 2.17. The van der Waals surface area contributed by atoms with Gasteiger partial charge in [0.05, 0.1) is 4.90 Å². The Labute approximate surface area is 135 Å². The van der Waals surface area contributed by atoms with Crippen LogP contribution in [0.5, 0.6) is 0 Å². The molecule has 0 unspecified atom stereocenters. The molecule has 0 spiro atoms. The minimum atomic E-state index is -3.74. The molecule has 0 aliphatic carbocycles. The number of aromatic nitrogens is 2. The fraction of sp³-hybridized carbons (Fsp3) is 0.333. The van der Waals surface area contributed by atoms with E-state index in [4.69, 9.17) is 0 Å². The molecule has 1 heterocycles. The molecule has 1 amide bonds. The Morgan fingerprint density at radius 2 is 1.91 bits per heavy atom. The van der Waals surface area contributed by atoms with E-state index in [1.807, 2.05) is 6.92 Å². The van der Waals surface area contributed by atoms with Crippen LogP contribution in [-0.2, 0) is 16.4 Å². The fourth-order valence-electron chi connectivity index (χ4n) is 2.04. The maximum Gasteiger partial charge on any atom is 0.263 e. The van der Waals surface area contributed by atoms with Crippen LogP contribution in [0.2, 0.25) is 0 Å². The van der Waals surface area contributed by atoms with Crippen LogP contribution in [-0.4, -0.2) is 43.5 Å². The number of hydrogen-bond acceptors (Lipinski definition) is 4. The standard InChI is InChI=1S/C15H20N4O3S/c1-4-5-12-10-14(17-16-12)18-23(21,22)13-8-6-11(7-9-13)15(20)19(2)3/h6-10H,4-5H2,1-3H3,(H2,16,17,18). The van der Waals surface area contributed by atoms with Gasteiger partial charge in [-0.25, -0.2) is 8.42 Å². The summed E-state index contributed by atoms with van der Waals surface area (Å²) in [6, 6.07) is 7.45. The van der Waals surface area contributed by atoms with Gasteiger partial charge in [-0.15, -0.1) is 0 Å². The molecule has 0 bridgehead atoms. The number of benzene rings is 1. The molecule has 0 saturated carbocycles. The van der Waals surface area contributed by atoms with Crippen LogP contribution < -0.4 is 4.72 Å². The predicted octanol–water partition coefficient (Wildman–Crippen LogP) is 1.86. The van der Waals surface area contributed by atoms with E-state index in [1.165, 1.54) is 29.2 Å². The Hall–Kier alpha value is -2.35. The third kappa shape index (κ3) is 4.10. The van der Waals surface area contributed by atoms with E-state index in [9.17, 15) is 13.2 Å². The molecule has 1 aromatic carbocycles. The maximum atomic E-state index is 12.3. The van der Waals surface area contributed by atoms with Gasteiger partial charge in [-0.1, -0.05) is 13.3 Å². The quantitative estimate of drug-likeness (QED) is 0.842. The molecular formula is C15H20N4O3S. The van der Waals surface area contributed by atoms with Crippen molar-refractivity contribution in [2.45, 2.75) is 24.7 Å². The molecule has 0 saturated heterocycles. The molecule has 23 heavy (non-hydrogen) atoms. The van der Waals surface area contributed by atoms with Gasteiger partial charge in [0.1, 0.15) is 0 Å². The Kier molecular flexibility index (Phi) is 5.05. The average molecular weight is 336 g/mol. The first-order valence-corrected chi connectivity index (χ1v) is 8.70. The second-order valence-electron chi connectivity index (χ2n) is 5.36. The van der Waals surface area contributed by atoms with E-state index >= 15 is 0 Å². The predicted molar refractivity (Wildman–Crippen MR) is 87.9 cm³/mol. The molecule has 0 radical (unpaired) electrons.